The van der Waals surface area contributed by atoms with E-state index in [1.807, 2.05) is 0 Å². The summed E-state index contributed by atoms with van der Waals surface area (Å²) >= 11 is 0. The number of anilines is 1. The molecular formula is C20H15N. The molecule has 2 unspecified atom stereocenters. The van der Waals surface area contributed by atoms with E-state index in [1.165, 1.54) is 33.5 Å². The maximum absolute atomic E-state index is 3.73. The van der Waals surface area contributed by atoms with Gasteiger partial charge in [-0.2, -0.15) is 0 Å². The molecule has 2 aliphatic rings. The van der Waals surface area contributed by atoms with Gasteiger partial charge in [0.1, 0.15) is 0 Å². The van der Waals surface area contributed by atoms with E-state index in [9.17, 15) is 0 Å². The number of hydrogen-bond acceptors (Lipinski definition) is 1. The lowest BCUT2D eigenvalue weighted by Crippen LogP contribution is -2.18. The highest BCUT2D eigenvalue weighted by atomic mass is 15.0. The van der Waals surface area contributed by atoms with E-state index < -0.39 is 0 Å². The van der Waals surface area contributed by atoms with Gasteiger partial charge in [0.05, 0.1) is 6.04 Å². The van der Waals surface area contributed by atoms with Gasteiger partial charge in [-0.25, -0.2) is 0 Å². The molecule has 1 aliphatic carbocycles. The minimum Gasteiger partial charge on any atom is -0.377 e. The van der Waals surface area contributed by atoms with Crippen LogP contribution in [0.4, 0.5) is 5.69 Å². The van der Waals surface area contributed by atoms with Gasteiger partial charge in [-0.3, -0.25) is 0 Å². The molecule has 0 radical (unpaired) electrons. The summed E-state index contributed by atoms with van der Waals surface area (Å²) in [6, 6.07) is 26.7. The van der Waals surface area contributed by atoms with Crippen LogP contribution in [0.3, 0.4) is 0 Å². The Morgan fingerprint density at radius 2 is 1.14 bits per heavy atom. The molecule has 1 nitrogen and oxygen atoms in total. The van der Waals surface area contributed by atoms with Crippen LogP contribution in [0.5, 0.6) is 0 Å². The largest absolute Gasteiger partial charge is 0.377 e. The van der Waals surface area contributed by atoms with Crippen molar-refractivity contribution in [3.63, 3.8) is 0 Å². The molecule has 1 heterocycles. The summed E-state index contributed by atoms with van der Waals surface area (Å²) in [7, 11) is 0. The number of hydrogen-bond donors (Lipinski definition) is 1. The standard InChI is InChI=1S/C20H15N/c1-3-9-15-13(7-1)14-8-2-4-10-16(14)20-19(15)17-11-5-6-12-18(17)21-20/h1-12,19-21H. The number of rotatable bonds is 0. The first-order valence-corrected chi connectivity index (χ1v) is 7.47. The molecule has 0 amide bonds. The molecular weight excluding hydrogens is 254 g/mol. The molecule has 0 saturated carbocycles. The monoisotopic (exact) mass is 269 g/mol. The Kier molecular flexibility index (Phi) is 2.12. The zero-order valence-corrected chi connectivity index (χ0v) is 11.6. The fourth-order valence-corrected chi connectivity index (χ4v) is 3.96. The van der Waals surface area contributed by atoms with E-state index in [-0.39, 0.29) is 0 Å². The fraction of sp³-hybridized carbons (Fsp3) is 0.100. The number of fused-ring (bicyclic) bond motifs is 8. The summed E-state index contributed by atoms with van der Waals surface area (Å²) in [5.41, 5.74) is 8.31. The van der Waals surface area contributed by atoms with Crippen LogP contribution in [0.25, 0.3) is 11.1 Å². The Labute approximate surface area is 124 Å². The minimum absolute atomic E-state index is 0.355. The van der Waals surface area contributed by atoms with E-state index in [2.05, 4.69) is 78.1 Å². The van der Waals surface area contributed by atoms with Crippen LogP contribution in [0.1, 0.15) is 28.7 Å². The zero-order valence-electron chi connectivity index (χ0n) is 11.6. The first-order valence-electron chi connectivity index (χ1n) is 7.47. The average Bonchev–Trinajstić information content (AvgIpc) is 2.95. The van der Waals surface area contributed by atoms with Gasteiger partial charge < -0.3 is 5.32 Å². The predicted octanol–water partition coefficient (Wildman–Crippen LogP) is 4.97. The van der Waals surface area contributed by atoms with Crippen molar-refractivity contribution in [3.8, 4) is 11.1 Å². The Morgan fingerprint density at radius 1 is 0.571 bits per heavy atom. The lowest BCUT2D eigenvalue weighted by molar-refractivity contribution is 0.703. The summed E-state index contributed by atoms with van der Waals surface area (Å²) < 4.78 is 0. The van der Waals surface area contributed by atoms with Crippen molar-refractivity contribution in [3.05, 3.63) is 89.5 Å². The van der Waals surface area contributed by atoms with E-state index in [0.717, 1.165) is 0 Å². The Bertz CT molecular complexity index is 850. The normalized spacial score (nSPS) is 20.8. The lowest BCUT2D eigenvalue weighted by Gasteiger charge is -2.31. The smallest absolute Gasteiger partial charge is 0.0630 e. The second-order valence-electron chi connectivity index (χ2n) is 5.86. The molecule has 3 aromatic rings. The van der Waals surface area contributed by atoms with Crippen molar-refractivity contribution in [2.24, 2.45) is 0 Å². The second kappa shape index (κ2) is 3.98. The Balaban J connectivity index is 1.85. The number of para-hydroxylation sites is 1. The van der Waals surface area contributed by atoms with Gasteiger partial charge in [-0.15, -0.1) is 0 Å². The van der Waals surface area contributed by atoms with Gasteiger partial charge in [-0.1, -0.05) is 66.7 Å². The van der Waals surface area contributed by atoms with Crippen LogP contribution in [0, 0.1) is 0 Å². The van der Waals surface area contributed by atoms with Crippen molar-refractivity contribution in [1.82, 2.24) is 0 Å². The van der Waals surface area contributed by atoms with Gasteiger partial charge in [0.15, 0.2) is 0 Å². The maximum Gasteiger partial charge on any atom is 0.0630 e. The predicted molar refractivity (Wildman–Crippen MR) is 86.5 cm³/mol. The summed E-state index contributed by atoms with van der Waals surface area (Å²) in [4.78, 5) is 0. The molecule has 0 bridgehead atoms. The topological polar surface area (TPSA) is 12.0 Å². The Morgan fingerprint density at radius 3 is 1.95 bits per heavy atom. The summed E-state index contributed by atoms with van der Waals surface area (Å²) in [5.74, 6) is 0.423. The molecule has 21 heavy (non-hydrogen) atoms. The van der Waals surface area contributed by atoms with E-state index >= 15 is 0 Å². The molecule has 5 rings (SSSR count). The summed E-state index contributed by atoms with van der Waals surface area (Å²) in [6.07, 6.45) is 0. The van der Waals surface area contributed by atoms with Crippen molar-refractivity contribution in [2.75, 3.05) is 5.32 Å². The minimum atomic E-state index is 0.355. The highest BCUT2D eigenvalue weighted by molar-refractivity contribution is 5.80. The Hall–Kier alpha value is -2.54. The highest BCUT2D eigenvalue weighted by Gasteiger charge is 2.39. The molecule has 100 valence electrons. The third-order valence-electron chi connectivity index (χ3n) is 4.82. The van der Waals surface area contributed by atoms with Crippen LogP contribution < -0.4 is 5.32 Å². The van der Waals surface area contributed by atoms with E-state index in [4.69, 9.17) is 0 Å². The second-order valence-corrected chi connectivity index (χ2v) is 5.86. The van der Waals surface area contributed by atoms with Crippen molar-refractivity contribution in [1.29, 1.82) is 0 Å². The van der Waals surface area contributed by atoms with Crippen molar-refractivity contribution < 1.29 is 0 Å². The third kappa shape index (κ3) is 1.41. The molecule has 0 spiro atoms. The van der Waals surface area contributed by atoms with Gasteiger partial charge in [-0.05, 0) is 33.9 Å². The van der Waals surface area contributed by atoms with Gasteiger partial charge in [0.25, 0.3) is 0 Å². The molecule has 0 aromatic heterocycles. The van der Waals surface area contributed by atoms with Gasteiger partial charge in [0.2, 0.25) is 0 Å². The molecule has 3 aromatic carbocycles. The van der Waals surface area contributed by atoms with E-state index in [1.54, 1.807) is 0 Å². The SMILES string of the molecule is c1ccc2c(c1)NC1c3ccccc3-c3ccccc3C21. The molecule has 0 saturated heterocycles. The summed E-state index contributed by atoms with van der Waals surface area (Å²) in [6.45, 7) is 0. The van der Waals surface area contributed by atoms with Crippen LogP contribution in [0.15, 0.2) is 72.8 Å². The van der Waals surface area contributed by atoms with Crippen molar-refractivity contribution >= 4 is 5.69 Å². The van der Waals surface area contributed by atoms with Crippen LogP contribution in [-0.4, -0.2) is 0 Å². The van der Waals surface area contributed by atoms with Gasteiger partial charge >= 0.3 is 0 Å². The third-order valence-corrected chi connectivity index (χ3v) is 4.82. The molecule has 2 atom stereocenters. The first-order chi connectivity index (χ1) is 10.4. The molecule has 1 heteroatoms. The molecule has 1 N–H and O–H groups in total. The first kappa shape index (κ1) is 11.2. The van der Waals surface area contributed by atoms with E-state index in [0.29, 0.717) is 12.0 Å². The van der Waals surface area contributed by atoms with Crippen molar-refractivity contribution in [2.45, 2.75) is 12.0 Å². The molecule has 1 aliphatic heterocycles. The fourth-order valence-electron chi connectivity index (χ4n) is 3.96. The van der Waals surface area contributed by atoms with Crippen LogP contribution in [0.2, 0.25) is 0 Å². The van der Waals surface area contributed by atoms with Crippen LogP contribution in [-0.2, 0) is 0 Å². The highest BCUT2D eigenvalue weighted by Crippen LogP contribution is 2.54. The molecule has 0 fully saturated rings. The summed E-state index contributed by atoms with van der Waals surface area (Å²) in [5, 5.41) is 3.73. The number of benzene rings is 3. The lowest BCUT2D eigenvalue weighted by atomic mass is 9.74. The van der Waals surface area contributed by atoms with Gasteiger partial charge in [0, 0.05) is 11.6 Å². The average molecular weight is 269 g/mol. The quantitative estimate of drug-likeness (QED) is 0.608. The van der Waals surface area contributed by atoms with Crippen LogP contribution >= 0.6 is 0 Å². The maximum atomic E-state index is 3.73. The zero-order chi connectivity index (χ0) is 13.8. The number of nitrogens with one attached hydrogen (secondary N) is 1.